The molecule has 2 fully saturated rings. The zero-order valence-corrected chi connectivity index (χ0v) is 18.8. The predicted molar refractivity (Wildman–Crippen MR) is 123 cm³/mol. The van der Waals surface area contributed by atoms with Crippen molar-refractivity contribution in [2.75, 3.05) is 52.5 Å². The van der Waals surface area contributed by atoms with Crippen LogP contribution >= 0.6 is 0 Å². The normalized spacial score (nSPS) is 22.5. The van der Waals surface area contributed by atoms with E-state index in [-0.39, 0.29) is 24.5 Å². The van der Waals surface area contributed by atoms with Crippen LogP contribution in [-0.2, 0) is 16.0 Å². The molecule has 0 radical (unpaired) electrons. The van der Waals surface area contributed by atoms with Gasteiger partial charge in [-0.25, -0.2) is 4.99 Å². The molecule has 31 heavy (non-hydrogen) atoms. The van der Waals surface area contributed by atoms with Crippen molar-refractivity contribution in [1.29, 1.82) is 0 Å². The quantitative estimate of drug-likeness (QED) is 0.411. The van der Waals surface area contributed by atoms with Gasteiger partial charge >= 0.3 is 0 Å². The topological polar surface area (TPSA) is 86.2 Å². The second-order valence-corrected chi connectivity index (χ2v) is 8.84. The molecule has 1 atom stereocenters. The van der Waals surface area contributed by atoms with Crippen molar-refractivity contribution in [2.45, 2.75) is 39.0 Å². The number of likely N-dealkylation sites (tertiary alicyclic amines) is 1. The molecule has 0 aromatic heterocycles. The number of carbonyl (C=O) groups excluding carboxylic acids is 1. The summed E-state index contributed by atoms with van der Waals surface area (Å²) in [6.07, 6.45) is 4.82. The number of hydrogen-bond acceptors (Lipinski definition) is 4. The number of benzene rings is 1. The molecule has 3 N–H and O–H groups in total. The van der Waals surface area contributed by atoms with Crippen molar-refractivity contribution < 1.29 is 14.6 Å². The van der Waals surface area contributed by atoms with E-state index in [9.17, 15) is 9.90 Å². The van der Waals surface area contributed by atoms with E-state index in [4.69, 9.17) is 4.74 Å². The Kier molecular flexibility index (Phi) is 9.15. The van der Waals surface area contributed by atoms with Gasteiger partial charge in [-0.15, -0.1) is 0 Å². The standard InChI is InChI=1S/C24H38N4O3/c1-2-25-23(27-18-24(10-14-29)11-15-31-19-24)26-17-22(30)28-12-8-21(9-13-28)16-20-6-4-3-5-7-20/h3-7,21,29H,2,8-19H2,1H3,(H2,25,26,27). The van der Waals surface area contributed by atoms with E-state index in [1.54, 1.807) is 0 Å². The van der Waals surface area contributed by atoms with Crippen molar-refractivity contribution in [3.05, 3.63) is 35.9 Å². The van der Waals surface area contributed by atoms with E-state index < -0.39 is 0 Å². The number of carbonyl (C=O) groups is 1. The van der Waals surface area contributed by atoms with Crippen LogP contribution in [0, 0.1) is 11.3 Å². The third-order valence-electron chi connectivity index (χ3n) is 6.51. The van der Waals surface area contributed by atoms with Crippen molar-refractivity contribution in [3.8, 4) is 0 Å². The molecule has 1 aromatic carbocycles. The highest BCUT2D eigenvalue weighted by Gasteiger charge is 2.34. The molecule has 2 aliphatic heterocycles. The Hall–Kier alpha value is -2.12. The third kappa shape index (κ3) is 7.21. The molecule has 0 spiro atoms. The lowest BCUT2D eigenvalue weighted by Gasteiger charge is -2.32. The smallest absolute Gasteiger partial charge is 0.244 e. The maximum atomic E-state index is 12.7. The summed E-state index contributed by atoms with van der Waals surface area (Å²) in [4.78, 5) is 19.2. The average Bonchev–Trinajstić information content (AvgIpc) is 3.26. The van der Waals surface area contributed by atoms with Gasteiger partial charge in [-0.1, -0.05) is 30.3 Å². The van der Waals surface area contributed by atoms with E-state index in [0.29, 0.717) is 31.4 Å². The van der Waals surface area contributed by atoms with Crippen molar-refractivity contribution in [3.63, 3.8) is 0 Å². The van der Waals surface area contributed by atoms with Gasteiger partial charge in [0.05, 0.1) is 6.61 Å². The number of piperidine rings is 1. The molecule has 0 aliphatic carbocycles. The summed E-state index contributed by atoms with van der Waals surface area (Å²) in [7, 11) is 0. The van der Waals surface area contributed by atoms with Gasteiger partial charge in [0.1, 0.15) is 6.54 Å². The molecule has 2 saturated heterocycles. The lowest BCUT2D eigenvalue weighted by molar-refractivity contribution is -0.130. The minimum Gasteiger partial charge on any atom is -0.396 e. The van der Waals surface area contributed by atoms with Gasteiger partial charge in [-0.2, -0.15) is 0 Å². The van der Waals surface area contributed by atoms with E-state index in [1.165, 1.54) is 5.56 Å². The molecule has 7 nitrogen and oxygen atoms in total. The van der Waals surface area contributed by atoms with E-state index >= 15 is 0 Å². The van der Waals surface area contributed by atoms with Crippen LogP contribution in [0.5, 0.6) is 0 Å². The van der Waals surface area contributed by atoms with Crippen LogP contribution in [0.25, 0.3) is 0 Å². The minimum absolute atomic E-state index is 0.0599. The Bertz CT molecular complexity index is 696. The molecule has 0 bridgehead atoms. The second kappa shape index (κ2) is 12.1. The first kappa shape index (κ1) is 23.5. The zero-order chi connectivity index (χ0) is 21.9. The molecule has 1 aromatic rings. The number of nitrogens with zero attached hydrogens (tertiary/aromatic N) is 2. The monoisotopic (exact) mass is 430 g/mol. The first-order chi connectivity index (χ1) is 15.1. The zero-order valence-electron chi connectivity index (χ0n) is 18.8. The average molecular weight is 431 g/mol. The Morgan fingerprint density at radius 2 is 2.03 bits per heavy atom. The predicted octanol–water partition coefficient (Wildman–Crippen LogP) is 1.81. The summed E-state index contributed by atoms with van der Waals surface area (Å²) in [5.74, 6) is 1.38. The third-order valence-corrected chi connectivity index (χ3v) is 6.51. The molecule has 172 valence electrons. The second-order valence-electron chi connectivity index (χ2n) is 8.84. The summed E-state index contributed by atoms with van der Waals surface area (Å²) < 4.78 is 5.56. The molecular weight excluding hydrogens is 392 g/mol. The van der Waals surface area contributed by atoms with E-state index in [1.807, 2.05) is 11.8 Å². The van der Waals surface area contributed by atoms with Gasteiger partial charge in [0.2, 0.25) is 5.91 Å². The number of aliphatic imine (C=N–C) groups is 1. The van der Waals surface area contributed by atoms with Crippen molar-refractivity contribution in [2.24, 2.45) is 16.3 Å². The van der Waals surface area contributed by atoms with Gasteiger partial charge < -0.3 is 25.4 Å². The highest BCUT2D eigenvalue weighted by molar-refractivity contribution is 5.85. The number of amides is 1. The van der Waals surface area contributed by atoms with Crippen LogP contribution in [0.1, 0.15) is 38.2 Å². The van der Waals surface area contributed by atoms with Gasteiger partial charge in [0.15, 0.2) is 5.96 Å². The summed E-state index contributed by atoms with van der Waals surface area (Å²) in [6, 6.07) is 10.6. The molecule has 0 saturated carbocycles. The van der Waals surface area contributed by atoms with Gasteiger partial charge in [-0.3, -0.25) is 4.79 Å². The summed E-state index contributed by atoms with van der Waals surface area (Å²) in [6.45, 7) is 6.73. The van der Waals surface area contributed by atoms with E-state index in [2.05, 4.69) is 46.0 Å². The number of aliphatic hydroxyl groups excluding tert-OH is 1. The SMILES string of the molecule is CCNC(=NCC(=O)N1CCC(Cc2ccccc2)CC1)NCC1(CCO)CCOC1. The summed E-state index contributed by atoms with van der Waals surface area (Å²) in [5, 5.41) is 16.0. The summed E-state index contributed by atoms with van der Waals surface area (Å²) in [5.41, 5.74) is 1.32. The molecule has 7 heteroatoms. The first-order valence-corrected chi connectivity index (χ1v) is 11.7. The van der Waals surface area contributed by atoms with Gasteiger partial charge in [0.25, 0.3) is 0 Å². The van der Waals surface area contributed by atoms with Gasteiger partial charge in [-0.05, 0) is 50.5 Å². The Morgan fingerprint density at radius 3 is 2.68 bits per heavy atom. The highest BCUT2D eigenvalue weighted by Crippen LogP contribution is 2.31. The Balaban J connectivity index is 1.45. The highest BCUT2D eigenvalue weighted by atomic mass is 16.5. The molecular formula is C24H38N4O3. The number of hydrogen-bond donors (Lipinski definition) is 3. The molecule has 3 rings (SSSR count). The lowest BCUT2D eigenvalue weighted by Crippen LogP contribution is -2.45. The van der Waals surface area contributed by atoms with Crippen LogP contribution in [0.3, 0.4) is 0 Å². The number of nitrogens with one attached hydrogen (secondary N) is 2. The van der Waals surface area contributed by atoms with Crippen LogP contribution in [0.2, 0.25) is 0 Å². The van der Waals surface area contributed by atoms with Crippen LogP contribution < -0.4 is 10.6 Å². The fourth-order valence-corrected chi connectivity index (χ4v) is 4.51. The number of guanidine groups is 1. The molecule has 1 unspecified atom stereocenters. The maximum absolute atomic E-state index is 12.7. The lowest BCUT2D eigenvalue weighted by atomic mass is 9.84. The van der Waals surface area contributed by atoms with Gasteiger partial charge in [0, 0.05) is 44.8 Å². The van der Waals surface area contributed by atoms with Crippen LogP contribution in [-0.4, -0.2) is 74.4 Å². The molecule has 2 aliphatic rings. The summed E-state index contributed by atoms with van der Waals surface area (Å²) >= 11 is 0. The minimum atomic E-state index is -0.0599. The first-order valence-electron chi connectivity index (χ1n) is 11.7. The maximum Gasteiger partial charge on any atom is 0.244 e. The van der Waals surface area contributed by atoms with E-state index in [0.717, 1.165) is 51.9 Å². The molecule has 2 heterocycles. The number of rotatable bonds is 9. The van der Waals surface area contributed by atoms with Crippen LogP contribution in [0.4, 0.5) is 0 Å². The number of ether oxygens (including phenoxy) is 1. The fraction of sp³-hybridized carbons (Fsp3) is 0.667. The number of aliphatic hydroxyl groups is 1. The largest absolute Gasteiger partial charge is 0.396 e. The molecule has 1 amide bonds. The fourth-order valence-electron chi connectivity index (χ4n) is 4.51. The Labute approximate surface area is 186 Å². The van der Waals surface area contributed by atoms with Crippen molar-refractivity contribution in [1.82, 2.24) is 15.5 Å². The van der Waals surface area contributed by atoms with Crippen LogP contribution in [0.15, 0.2) is 35.3 Å². The van der Waals surface area contributed by atoms with Crippen molar-refractivity contribution >= 4 is 11.9 Å². The Morgan fingerprint density at radius 1 is 1.26 bits per heavy atom.